The van der Waals surface area contributed by atoms with E-state index in [-0.39, 0.29) is 0 Å². The van der Waals surface area contributed by atoms with Gasteiger partial charge in [-0.15, -0.1) is 0 Å². The second-order valence-corrected chi connectivity index (χ2v) is 4.46. The molecule has 1 aliphatic rings. The zero-order chi connectivity index (χ0) is 14.4. The van der Waals surface area contributed by atoms with Gasteiger partial charge in [-0.3, -0.25) is 4.79 Å². The van der Waals surface area contributed by atoms with E-state index in [1.807, 2.05) is 36.4 Å². The third-order valence-corrected chi connectivity index (χ3v) is 3.21. The average molecular weight is 270 g/mol. The maximum absolute atomic E-state index is 10.7. The largest absolute Gasteiger partial charge is 0.493 e. The van der Waals surface area contributed by atoms with Crippen LogP contribution in [0.5, 0.6) is 0 Å². The summed E-state index contributed by atoms with van der Waals surface area (Å²) in [7, 11) is 3.27. The van der Waals surface area contributed by atoms with E-state index in [1.165, 1.54) is 0 Å². The quantitative estimate of drug-likeness (QED) is 0.782. The van der Waals surface area contributed by atoms with Gasteiger partial charge >= 0.3 is 0 Å². The Balaban J connectivity index is 2.38. The Bertz CT molecular complexity index is 562. The molecule has 0 spiro atoms. The topological polar surface area (TPSA) is 35.5 Å². The maximum atomic E-state index is 10.7. The number of hydrogen-bond acceptors (Lipinski definition) is 3. The van der Waals surface area contributed by atoms with Crippen molar-refractivity contribution in [1.82, 2.24) is 0 Å². The van der Waals surface area contributed by atoms with Gasteiger partial charge < -0.3 is 9.47 Å². The molecule has 0 atom stereocenters. The van der Waals surface area contributed by atoms with Crippen molar-refractivity contribution >= 4 is 11.9 Å². The van der Waals surface area contributed by atoms with Crippen molar-refractivity contribution in [3.8, 4) is 0 Å². The van der Waals surface area contributed by atoms with Crippen LogP contribution in [0.25, 0.3) is 5.57 Å². The summed E-state index contributed by atoms with van der Waals surface area (Å²) in [5.74, 6) is 1.46. The number of carbonyl (C=O) groups excluding carboxylic acids is 1. The first-order valence-electron chi connectivity index (χ1n) is 6.54. The molecule has 0 N–H and O–H groups in total. The van der Waals surface area contributed by atoms with Crippen molar-refractivity contribution in [2.75, 3.05) is 14.2 Å². The Kier molecular flexibility index (Phi) is 4.77. The minimum absolute atomic E-state index is 0.675. The molecular weight excluding hydrogens is 252 g/mol. The van der Waals surface area contributed by atoms with Crippen LogP contribution >= 0.6 is 0 Å². The summed E-state index contributed by atoms with van der Waals surface area (Å²) in [5, 5.41) is 0. The molecule has 2 rings (SSSR count). The molecule has 0 heterocycles. The van der Waals surface area contributed by atoms with Crippen molar-refractivity contribution < 1.29 is 14.3 Å². The molecule has 104 valence electrons. The number of methoxy groups -OCH3 is 2. The van der Waals surface area contributed by atoms with Gasteiger partial charge in [0.05, 0.1) is 14.2 Å². The molecule has 0 saturated heterocycles. The Morgan fingerprint density at radius 2 is 1.60 bits per heavy atom. The van der Waals surface area contributed by atoms with Crippen LogP contribution in [0.4, 0.5) is 0 Å². The monoisotopic (exact) mass is 270 g/mol. The highest BCUT2D eigenvalue weighted by Gasteiger charge is 2.10. The fourth-order valence-electron chi connectivity index (χ4n) is 2.12. The molecule has 1 aromatic carbocycles. The molecule has 0 aromatic heterocycles. The molecular formula is C17H18O3. The van der Waals surface area contributed by atoms with Crippen LogP contribution in [0.1, 0.15) is 28.8 Å². The number of hydrogen-bond donors (Lipinski definition) is 0. The van der Waals surface area contributed by atoms with E-state index < -0.39 is 0 Å². The fraction of sp³-hybridized carbons (Fsp3) is 0.235. The smallest absolute Gasteiger partial charge is 0.160 e. The minimum Gasteiger partial charge on any atom is -0.493 e. The average Bonchev–Trinajstić information content (AvgIpc) is 2.48. The highest BCUT2D eigenvalue weighted by atomic mass is 16.5. The molecule has 0 fully saturated rings. The molecule has 1 aromatic rings. The summed E-state index contributed by atoms with van der Waals surface area (Å²) in [5.41, 5.74) is 2.80. The number of benzene rings is 1. The van der Waals surface area contributed by atoms with Crippen LogP contribution in [0, 0.1) is 0 Å². The molecule has 0 amide bonds. The fourth-order valence-corrected chi connectivity index (χ4v) is 2.12. The first-order chi connectivity index (χ1) is 9.78. The first kappa shape index (κ1) is 14.1. The van der Waals surface area contributed by atoms with Crippen LogP contribution in [0.15, 0.2) is 54.0 Å². The molecule has 1 aliphatic carbocycles. The summed E-state index contributed by atoms with van der Waals surface area (Å²) in [4.78, 5) is 10.7. The Morgan fingerprint density at radius 3 is 2.20 bits per heavy atom. The molecule has 0 radical (unpaired) electrons. The van der Waals surface area contributed by atoms with Crippen molar-refractivity contribution in [2.24, 2.45) is 0 Å². The zero-order valence-corrected chi connectivity index (χ0v) is 11.8. The van der Waals surface area contributed by atoms with E-state index in [9.17, 15) is 4.79 Å². The van der Waals surface area contributed by atoms with Crippen LogP contribution in [0.2, 0.25) is 0 Å². The van der Waals surface area contributed by atoms with Gasteiger partial charge in [0.15, 0.2) is 11.5 Å². The third kappa shape index (κ3) is 3.18. The lowest BCUT2D eigenvalue weighted by Crippen LogP contribution is -1.98. The predicted molar refractivity (Wildman–Crippen MR) is 79.2 cm³/mol. The molecule has 3 heteroatoms. The van der Waals surface area contributed by atoms with Crippen molar-refractivity contribution in [1.29, 1.82) is 0 Å². The van der Waals surface area contributed by atoms with Gasteiger partial charge in [0, 0.05) is 5.56 Å². The Hall–Kier alpha value is -2.29. The van der Waals surface area contributed by atoms with E-state index in [4.69, 9.17) is 9.47 Å². The van der Waals surface area contributed by atoms with Crippen LogP contribution in [0.3, 0.4) is 0 Å². The van der Waals surface area contributed by atoms with Crippen LogP contribution < -0.4 is 0 Å². The molecule has 0 saturated carbocycles. The van der Waals surface area contributed by atoms with E-state index in [0.717, 1.165) is 36.0 Å². The number of rotatable bonds is 4. The van der Waals surface area contributed by atoms with Gasteiger partial charge in [0.2, 0.25) is 0 Å². The second kappa shape index (κ2) is 6.75. The SMILES string of the molecule is COC1=C/CC/C=C(c2ccc(C=O)cc2)/C=C\1OC. The van der Waals surface area contributed by atoms with Crippen molar-refractivity contribution in [2.45, 2.75) is 12.8 Å². The predicted octanol–water partition coefficient (Wildman–Crippen LogP) is 3.74. The second-order valence-electron chi connectivity index (χ2n) is 4.46. The Labute approximate surface area is 119 Å². The van der Waals surface area contributed by atoms with E-state index in [0.29, 0.717) is 11.3 Å². The lowest BCUT2D eigenvalue weighted by molar-refractivity contribution is 0.112. The van der Waals surface area contributed by atoms with Crippen molar-refractivity contribution in [3.63, 3.8) is 0 Å². The Morgan fingerprint density at radius 1 is 0.950 bits per heavy atom. The van der Waals surface area contributed by atoms with Gasteiger partial charge in [0.25, 0.3) is 0 Å². The van der Waals surface area contributed by atoms with E-state index >= 15 is 0 Å². The number of carbonyl (C=O) groups is 1. The normalized spacial score (nSPS) is 23.0. The molecule has 20 heavy (non-hydrogen) atoms. The number of allylic oxidation sites excluding steroid dienone is 4. The summed E-state index contributed by atoms with van der Waals surface area (Å²) < 4.78 is 10.7. The van der Waals surface area contributed by atoms with Gasteiger partial charge in [-0.1, -0.05) is 30.3 Å². The van der Waals surface area contributed by atoms with Gasteiger partial charge in [-0.25, -0.2) is 0 Å². The van der Waals surface area contributed by atoms with Gasteiger partial charge in [-0.05, 0) is 36.1 Å². The lowest BCUT2D eigenvalue weighted by atomic mass is 10.00. The standard InChI is InChI=1S/C17H18O3/c1-19-16-6-4-3-5-15(11-17(16)20-2)14-9-7-13(12-18)8-10-14/h5-12H,3-4H2,1-2H3/b15-5-,16-6+,17-11+. The highest BCUT2D eigenvalue weighted by Crippen LogP contribution is 2.25. The maximum Gasteiger partial charge on any atom is 0.160 e. The summed E-state index contributed by atoms with van der Waals surface area (Å²) >= 11 is 0. The van der Waals surface area contributed by atoms with E-state index in [1.54, 1.807) is 14.2 Å². The summed E-state index contributed by atoms with van der Waals surface area (Å²) in [6, 6.07) is 7.51. The van der Waals surface area contributed by atoms with Crippen LogP contribution in [-0.2, 0) is 9.47 Å². The van der Waals surface area contributed by atoms with Gasteiger partial charge in [-0.2, -0.15) is 0 Å². The molecule has 0 bridgehead atoms. The highest BCUT2D eigenvalue weighted by molar-refractivity contribution is 5.79. The summed E-state index contributed by atoms with van der Waals surface area (Å²) in [6.45, 7) is 0. The van der Waals surface area contributed by atoms with Crippen molar-refractivity contribution in [3.05, 3.63) is 65.1 Å². The molecule has 0 aliphatic heterocycles. The number of aldehydes is 1. The summed E-state index contributed by atoms with van der Waals surface area (Å²) in [6.07, 6.45) is 8.84. The zero-order valence-electron chi connectivity index (χ0n) is 11.8. The molecule has 3 nitrogen and oxygen atoms in total. The number of ether oxygens (including phenoxy) is 2. The van der Waals surface area contributed by atoms with E-state index in [2.05, 4.69) is 6.08 Å². The van der Waals surface area contributed by atoms with Gasteiger partial charge in [0.1, 0.15) is 6.29 Å². The first-order valence-corrected chi connectivity index (χ1v) is 6.54. The molecule has 0 unspecified atom stereocenters. The van der Waals surface area contributed by atoms with Crippen LogP contribution in [-0.4, -0.2) is 20.5 Å². The lowest BCUT2D eigenvalue weighted by Gasteiger charge is -2.14. The minimum atomic E-state index is 0.675. The third-order valence-electron chi connectivity index (χ3n) is 3.21.